The van der Waals surface area contributed by atoms with Gasteiger partial charge >= 0.3 is 0 Å². The van der Waals surface area contributed by atoms with E-state index in [2.05, 4.69) is 28.5 Å². The molecule has 2 aliphatic rings. The predicted molar refractivity (Wildman–Crippen MR) is 99.2 cm³/mol. The molecule has 2 aliphatic heterocycles. The minimum absolute atomic E-state index is 0. The van der Waals surface area contributed by atoms with Gasteiger partial charge in [-0.1, -0.05) is 19.1 Å². The smallest absolute Gasteiger partial charge is 0.262 e. The van der Waals surface area contributed by atoms with Crippen LogP contribution in [0.25, 0.3) is 0 Å². The Kier molecular flexibility index (Phi) is 7.18. The Labute approximate surface area is 150 Å². The number of piperidine rings is 1. The molecular weight excluding hydrogens is 326 g/mol. The van der Waals surface area contributed by atoms with E-state index in [0.29, 0.717) is 19.0 Å². The predicted octanol–water partition coefficient (Wildman–Crippen LogP) is 2.20. The molecule has 1 unspecified atom stereocenters. The Morgan fingerprint density at radius 3 is 2.83 bits per heavy atom. The molecule has 1 atom stereocenters. The molecule has 1 fully saturated rings. The molecule has 0 aliphatic carbocycles. The van der Waals surface area contributed by atoms with Gasteiger partial charge in [0.25, 0.3) is 5.91 Å². The van der Waals surface area contributed by atoms with Gasteiger partial charge in [-0.05, 0) is 50.4 Å². The topological polar surface area (TPSA) is 53.6 Å². The lowest BCUT2D eigenvalue weighted by Crippen LogP contribution is -2.50. The van der Waals surface area contributed by atoms with E-state index < -0.39 is 6.10 Å². The number of carbonyl (C=O) groups is 1. The molecule has 0 bridgehead atoms. The van der Waals surface area contributed by atoms with Gasteiger partial charge in [0.1, 0.15) is 5.75 Å². The van der Waals surface area contributed by atoms with E-state index in [1.54, 1.807) is 0 Å². The normalized spacial score (nSPS) is 20.5. The highest BCUT2D eigenvalue weighted by molar-refractivity contribution is 5.85. The molecule has 3 rings (SSSR count). The van der Waals surface area contributed by atoms with Gasteiger partial charge in [0, 0.05) is 13.1 Å². The average molecular weight is 354 g/mol. The van der Waals surface area contributed by atoms with Crippen molar-refractivity contribution in [2.45, 2.75) is 32.3 Å². The Hall–Kier alpha value is -1.46. The van der Waals surface area contributed by atoms with Gasteiger partial charge < -0.3 is 20.3 Å². The van der Waals surface area contributed by atoms with E-state index >= 15 is 0 Å². The van der Waals surface area contributed by atoms with E-state index in [9.17, 15) is 4.79 Å². The molecule has 24 heavy (non-hydrogen) atoms. The van der Waals surface area contributed by atoms with Crippen molar-refractivity contribution in [2.24, 2.45) is 5.92 Å². The average Bonchev–Trinajstić information content (AvgIpc) is 2.60. The van der Waals surface area contributed by atoms with Crippen molar-refractivity contribution in [3.63, 3.8) is 0 Å². The van der Waals surface area contributed by atoms with Gasteiger partial charge in [-0.25, -0.2) is 0 Å². The van der Waals surface area contributed by atoms with Crippen molar-refractivity contribution in [2.75, 3.05) is 37.6 Å². The molecule has 1 saturated heterocycles. The zero-order chi connectivity index (χ0) is 16.1. The van der Waals surface area contributed by atoms with Crippen molar-refractivity contribution in [1.29, 1.82) is 0 Å². The van der Waals surface area contributed by atoms with Gasteiger partial charge in [-0.2, -0.15) is 0 Å². The summed E-state index contributed by atoms with van der Waals surface area (Å²) < 4.78 is 5.94. The highest BCUT2D eigenvalue weighted by Gasteiger charge is 2.31. The quantitative estimate of drug-likeness (QED) is 0.852. The van der Waals surface area contributed by atoms with Crippen LogP contribution in [-0.4, -0.2) is 44.7 Å². The molecule has 1 aromatic carbocycles. The molecule has 134 valence electrons. The number of carbonyl (C=O) groups excluding carboxylic acids is 1. The Balaban J connectivity index is 0.00000208. The second kappa shape index (κ2) is 9.14. The monoisotopic (exact) mass is 353 g/mol. The third-order valence-corrected chi connectivity index (χ3v) is 4.64. The van der Waals surface area contributed by atoms with E-state index in [1.165, 1.54) is 12.8 Å². The maximum Gasteiger partial charge on any atom is 0.262 e. The summed E-state index contributed by atoms with van der Waals surface area (Å²) in [7, 11) is 0. The van der Waals surface area contributed by atoms with Crippen molar-refractivity contribution in [3.8, 4) is 5.75 Å². The van der Waals surface area contributed by atoms with E-state index in [4.69, 9.17) is 4.74 Å². The highest BCUT2D eigenvalue weighted by atomic mass is 35.5. The van der Waals surface area contributed by atoms with Gasteiger partial charge in [-0.3, -0.25) is 4.79 Å². The van der Waals surface area contributed by atoms with Crippen molar-refractivity contribution < 1.29 is 9.53 Å². The third-order valence-electron chi connectivity index (χ3n) is 4.64. The van der Waals surface area contributed by atoms with Crippen LogP contribution in [0.1, 0.15) is 26.2 Å². The highest BCUT2D eigenvalue weighted by Crippen LogP contribution is 2.34. The fraction of sp³-hybridized carbons (Fsp3) is 0.611. The fourth-order valence-electron chi connectivity index (χ4n) is 3.35. The third kappa shape index (κ3) is 4.54. The molecule has 2 N–H and O–H groups in total. The summed E-state index contributed by atoms with van der Waals surface area (Å²) in [6.45, 7) is 6.58. The maximum absolute atomic E-state index is 12.3. The summed E-state index contributed by atoms with van der Waals surface area (Å²) in [5, 5.41) is 6.37. The minimum Gasteiger partial charge on any atom is -0.477 e. The number of amides is 1. The number of hydrogen-bond donors (Lipinski definition) is 2. The van der Waals surface area contributed by atoms with Crippen LogP contribution in [-0.2, 0) is 4.79 Å². The number of fused-ring (bicyclic) bond motifs is 1. The molecule has 0 aromatic heterocycles. The molecule has 0 radical (unpaired) electrons. The van der Waals surface area contributed by atoms with Crippen molar-refractivity contribution >= 4 is 24.0 Å². The second-order valence-electron chi connectivity index (χ2n) is 6.46. The SMILES string of the molecule is CCCNC(=O)C1CN(CC2CCNCC2)c2ccccc2O1.Cl. The van der Waals surface area contributed by atoms with Crippen molar-refractivity contribution in [1.82, 2.24) is 10.6 Å². The maximum atomic E-state index is 12.3. The number of ether oxygens (including phenoxy) is 1. The molecule has 1 amide bonds. The Morgan fingerprint density at radius 2 is 2.08 bits per heavy atom. The molecule has 2 heterocycles. The first-order chi connectivity index (χ1) is 11.3. The van der Waals surface area contributed by atoms with Crippen LogP contribution in [0.2, 0.25) is 0 Å². The van der Waals surface area contributed by atoms with Crippen LogP contribution >= 0.6 is 12.4 Å². The summed E-state index contributed by atoms with van der Waals surface area (Å²) >= 11 is 0. The summed E-state index contributed by atoms with van der Waals surface area (Å²) in [6, 6.07) is 8.06. The zero-order valence-electron chi connectivity index (χ0n) is 14.3. The summed E-state index contributed by atoms with van der Waals surface area (Å²) in [5.74, 6) is 1.50. The van der Waals surface area contributed by atoms with Crippen LogP contribution in [0.3, 0.4) is 0 Å². The molecule has 0 spiro atoms. The van der Waals surface area contributed by atoms with Crippen LogP contribution in [0.15, 0.2) is 24.3 Å². The van der Waals surface area contributed by atoms with Gasteiger partial charge in [0.05, 0.1) is 12.2 Å². The van der Waals surface area contributed by atoms with Crippen LogP contribution in [0, 0.1) is 5.92 Å². The second-order valence-corrected chi connectivity index (χ2v) is 6.46. The van der Waals surface area contributed by atoms with Gasteiger partial charge in [0.2, 0.25) is 0 Å². The first-order valence-electron chi connectivity index (χ1n) is 8.77. The lowest BCUT2D eigenvalue weighted by molar-refractivity contribution is -0.127. The standard InChI is InChI=1S/C18H27N3O2.ClH/c1-2-9-20-18(22)17-13-21(12-14-7-10-19-11-8-14)15-5-3-4-6-16(15)23-17;/h3-6,14,17,19H,2,7-13H2,1H3,(H,20,22);1H. The van der Waals surface area contributed by atoms with Crippen LogP contribution < -0.4 is 20.3 Å². The molecular formula is C18H28ClN3O2. The van der Waals surface area contributed by atoms with Gasteiger partial charge in [-0.15, -0.1) is 12.4 Å². The summed E-state index contributed by atoms with van der Waals surface area (Å²) in [4.78, 5) is 14.7. The molecule has 6 heteroatoms. The number of nitrogens with one attached hydrogen (secondary N) is 2. The minimum atomic E-state index is -0.418. The van der Waals surface area contributed by atoms with Crippen LogP contribution in [0.5, 0.6) is 5.75 Å². The number of anilines is 1. The van der Waals surface area contributed by atoms with Crippen LogP contribution in [0.4, 0.5) is 5.69 Å². The first kappa shape index (κ1) is 18.9. The number of benzene rings is 1. The molecule has 5 nitrogen and oxygen atoms in total. The van der Waals surface area contributed by atoms with Gasteiger partial charge in [0.15, 0.2) is 6.10 Å². The summed E-state index contributed by atoms with van der Waals surface area (Å²) in [5.41, 5.74) is 1.12. The molecule has 0 saturated carbocycles. The lowest BCUT2D eigenvalue weighted by Gasteiger charge is -2.38. The Bertz CT molecular complexity index is 535. The lowest BCUT2D eigenvalue weighted by atomic mass is 9.96. The number of hydrogen-bond acceptors (Lipinski definition) is 4. The largest absolute Gasteiger partial charge is 0.477 e. The first-order valence-corrected chi connectivity index (χ1v) is 8.77. The van der Waals surface area contributed by atoms with Crippen molar-refractivity contribution in [3.05, 3.63) is 24.3 Å². The number of para-hydroxylation sites is 2. The zero-order valence-corrected chi connectivity index (χ0v) is 15.1. The summed E-state index contributed by atoms with van der Waals surface area (Å²) in [6.07, 6.45) is 2.92. The number of rotatable bonds is 5. The van der Waals surface area contributed by atoms with E-state index in [0.717, 1.165) is 37.5 Å². The number of halogens is 1. The fourth-order valence-corrected chi connectivity index (χ4v) is 3.35. The molecule has 1 aromatic rings. The van der Waals surface area contributed by atoms with E-state index in [-0.39, 0.29) is 18.3 Å². The Morgan fingerprint density at radius 1 is 1.33 bits per heavy atom. The number of nitrogens with zero attached hydrogens (tertiary/aromatic N) is 1. The van der Waals surface area contributed by atoms with E-state index in [1.807, 2.05) is 18.2 Å².